The maximum atomic E-state index is 12.1. The number of hydrogen-bond acceptors (Lipinski definition) is 5. The van der Waals surface area contributed by atoms with Crippen molar-refractivity contribution in [3.63, 3.8) is 0 Å². The first-order valence-electron chi connectivity index (χ1n) is 7.55. The number of nitrogens with one attached hydrogen (secondary N) is 1. The molecule has 1 amide bonds. The fourth-order valence-electron chi connectivity index (χ4n) is 2.36. The summed E-state index contributed by atoms with van der Waals surface area (Å²) in [5, 5.41) is 2.79. The van der Waals surface area contributed by atoms with Crippen molar-refractivity contribution in [2.24, 2.45) is 0 Å². The van der Waals surface area contributed by atoms with E-state index in [2.05, 4.69) is 10.3 Å². The Morgan fingerprint density at radius 1 is 1.39 bits per heavy atom. The number of carbonyl (C=O) groups is 2. The molecular weight excluding hydrogens is 314 g/mol. The van der Waals surface area contributed by atoms with Crippen molar-refractivity contribution in [3.8, 4) is 0 Å². The fraction of sp³-hybridized carbons (Fsp3) is 0.438. The maximum absolute atomic E-state index is 12.1. The summed E-state index contributed by atoms with van der Waals surface area (Å²) in [6, 6.07) is 7.96. The zero-order valence-electron chi connectivity index (χ0n) is 12.9. The lowest BCUT2D eigenvalue weighted by molar-refractivity contribution is -0.149. The van der Waals surface area contributed by atoms with Crippen LogP contribution >= 0.6 is 11.8 Å². The summed E-state index contributed by atoms with van der Waals surface area (Å²) < 4.78 is 6.94. The summed E-state index contributed by atoms with van der Waals surface area (Å²) in [5.74, 6) is 0.879. The number of nitrogens with zero attached hydrogens (tertiary/aromatic N) is 2. The van der Waals surface area contributed by atoms with Crippen molar-refractivity contribution in [3.05, 3.63) is 30.1 Å². The van der Waals surface area contributed by atoms with Gasteiger partial charge >= 0.3 is 5.97 Å². The summed E-state index contributed by atoms with van der Waals surface area (Å²) in [6.45, 7) is -0.160. The molecule has 1 saturated carbocycles. The molecule has 0 atom stereocenters. The molecular formula is C16H19N3O3S. The van der Waals surface area contributed by atoms with Gasteiger partial charge < -0.3 is 14.6 Å². The third-order valence-corrected chi connectivity index (χ3v) is 4.15. The minimum Gasteiger partial charge on any atom is -0.454 e. The quantitative estimate of drug-likeness (QED) is 0.781. The van der Waals surface area contributed by atoms with Crippen LogP contribution in [0.5, 0.6) is 0 Å². The first kappa shape index (κ1) is 15.9. The van der Waals surface area contributed by atoms with E-state index in [9.17, 15) is 9.59 Å². The van der Waals surface area contributed by atoms with Crippen molar-refractivity contribution in [2.45, 2.75) is 31.2 Å². The predicted molar refractivity (Wildman–Crippen MR) is 89.1 cm³/mol. The van der Waals surface area contributed by atoms with Crippen LogP contribution in [0.1, 0.15) is 18.7 Å². The third-order valence-electron chi connectivity index (χ3n) is 3.60. The molecule has 1 fully saturated rings. The number of aromatic nitrogens is 2. The number of amides is 1. The molecule has 1 aromatic carbocycles. The van der Waals surface area contributed by atoms with Crippen LogP contribution in [0.2, 0.25) is 0 Å². The molecule has 1 aliphatic rings. The normalized spacial score (nSPS) is 14.0. The van der Waals surface area contributed by atoms with Crippen LogP contribution in [0.15, 0.2) is 24.3 Å². The van der Waals surface area contributed by atoms with Gasteiger partial charge in [-0.05, 0) is 31.2 Å². The smallest absolute Gasteiger partial charge is 0.326 e. The van der Waals surface area contributed by atoms with Crippen LogP contribution in [0, 0.1) is 0 Å². The van der Waals surface area contributed by atoms with Crippen LogP contribution in [0.3, 0.4) is 0 Å². The zero-order valence-corrected chi connectivity index (χ0v) is 13.8. The van der Waals surface area contributed by atoms with E-state index in [0.29, 0.717) is 5.75 Å². The van der Waals surface area contributed by atoms with E-state index < -0.39 is 5.97 Å². The van der Waals surface area contributed by atoms with E-state index in [1.165, 1.54) is 0 Å². The van der Waals surface area contributed by atoms with E-state index in [4.69, 9.17) is 4.74 Å². The molecule has 0 radical (unpaired) electrons. The molecule has 1 aliphatic carbocycles. The molecule has 122 valence electrons. The van der Waals surface area contributed by atoms with Crippen molar-refractivity contribution in [1.82, 2.24) is 14.9 Å². The lowest BCUT2D eigenvalue weighted by Gasteiger charge is -2.09. The van der Waals surface area contributed by atoms with Crippen LogP contribution in [0.25, 0.3) is 11.0 Å². The second-order valence-corrected chi connectivity index (χ2v) is 6.40. The number of imidazole rings is 1. The van der Waals surface area contributed by atoms with Gasteiger partial charge in [0.25, 0.3) is 5.91 Å². The van der Waals surface area contributed by atoms with Crippen LogP contribution in [0.4, 0.5) is 0 Å². The Morgan fingerprint density at radius 2 is 2.17 bits per heavy atom. The average Bonchev–Trinajstić information content (AvgIpc) is 3.29. The Hall–Kier alpha value is -2.02. The summed E-state index contributed by atoms with van der Waals surface area (Å²) >= 11 is 1.64. The second kappa shape index (κ2) is 7.04. The third kappa shape index (κ3) is 4.04. The molecule has 0 aliphatic heterocycles. The fourth-order valence-corrected chi connectivity index (χ4v) is 2.84. The molecule has 1 heterocycles. The number of esters is 1. The zero-order chi connectivity index (χ0) is 16.2. The summed E-state index contributed by atoms with van der Waals surface area (Å²) in [5.41, 5.74) is 1.76. The Balaban J connectivity index is 1.65. The minimum absolute atomic E-state index is 0.0626. The highest BCUT2D eigenvalue weighted by Gasteiger charge is 2.23. The molecule has 2 aromatic rings. The number of ether oxygens (including phenoxy) is 1. The van der Waals surface area contributed by atoms with Gasteiger partial charge in [0, 0.05) is 6.04 Å². The van der Waals surface area contributed by atoms with Gasteiger partial charge in [-0.2, -0.15) is 11.8 Å². The minimum atomic E-state index is -0.429. The Bertz CT molecular complexity index is 724. The van der Waals surface area contributed by atoms with E-state index >= 15 is 0 Å². The van der Waals surface area contributed by atoms with Crippen molar-refractivity contribution in [1.29, 1.82) is 0 Å². The number of fused-ring (bicyclic) bond motifs is 1. The van der Waals surface area contributed by atoms with Gasteiger partial charge in [0.2, 0.25) is 0 Å². The lowest BCUT2D eigenvalue weighted by Crippen LogP contribution is -2.31. The Morgan fingerprint density at radius 3 is 2.91 bits per heavy atom. The number of hydrogen-bond donors (Lipinski definition) is 1. The number of benzene rings is 1. The molecule has 0 saturated heterocycles. The highest BCUT2D eigenvalue weighted by atomic mass is 32.2. The molecule has 0 bridgehead atoms. The number of para-hydroxylation sites is 2. The SMILES string of the molecule is CSCc1nc2ccccc2n1CC(=O)OCC(=O)NC1CC1. The van der Waals surface area contributed by atoms with Gasteiger partial charge in [0.1, 0.15) is 12.4 Å². The van der Waals surface area contributed by atoms with Gasteiger partial charge in [-0.25, -0.2) is 4.98 Å². The molecule has 1 N–H and O–H groups in total. The van der Waals surface area contributed by atoms with Gasteiger partial charge in [0.05, 0.1) is 16.8 Å². The Labute approximate surface area is 138 Å². The molecule has 0 spiro atoms. The second-order valence-electron chi connectivity index (χ2n) is 5.54. The van der Waals surface area contributed by atoms with E-state index in [1.807, 2.05) is 35.1 Å². The summed E-state index contributed by atoms with van der Waals surface area (Å²) in [7, 11) is 0. The topological polar surface area (TPSA) is 73.2 Å². The van der Waals surface area contributed by atoms with Crippen molar-refractivity contribution >= 4 is 34.7 Å². The molecule has 1 aromatic heterocycles. The highest BCUT2D eigenvalue weighted by molar-refractivity contribution is 7.97. The maximum Gasteiger partial charge on any atom is 0.326 e. The van der Waals surface area contributed by atoms with E-state index in [0.717, 1.165) is 29.7 Å². The number of thioether (sulfide) groups is 1. The molecule has 23 heavy (non-hydrogen) atoms. The Kier molecular flexibility index (Phi) is 4.85. The lowest BCUT2D eigenvalue weighted by atomic mass is 10.3. The average molecular weight is 333 g/mol. The van der Waals surface area contributed by atoms with Gasteiger partial charge in [-0.15, -0.1) is 0 Å². The van der Waals surface area contributed by atoms with Crippen LogP contribution < -0.4 is 5.32 Å². The van der Waals surface area contributed by atoms with E-state index in [1.54, 1.807) is 11.8 Å². The number of carbonyl (C=O) groups excluding carboxylic acids is 2. The summed E-state index contributed by atoms with van der Waals surface area (Å²) in [4.78, 5) is 28.2. The largest absolute Gasteiger partial charge is 0.454 e. The molecule has 7 heteroatoms. The van der Waals surface area contributed by atoms with Crippen molar-refractivity contribution in [2.75, 3.05) is 12.9 Å². The molecule has 0 unspecified atom stereocenters. The van der Waals surface area contributed by atoms with E-state index in [-0.39, 0.29) is 25.1 Å². The van der Waals surface area contributed by atoms with Gasteiger partial charge in [0.15, 0.2) is 6.61 Å². The standard InChI is InChI=1S/C16H19N3O3S/c1-23-10-14-18-12-4-2-3-5-13(12)19(14)8-16(21)22-9-15(20)17-11-6-7-11/h2-5,11H,6-10H2,1H3,(H,17,20). The predicted octanol–water partition coefficient (Wildman–Crippen LogP) is 1.72. The van der Waals surface area contributed by atoms with Crippen LogP contribution in [-0.4, -0.2) is 40.3 Å². The molecule has 3 rings (SSSR count). The van der Waals surface area contributed by atoms with Crippen molar-refractivity contribution < 1.29 is 14.3 Å². The number of rotatable bonds is 7. The first-order chi connectivity index (χ1) is 11.2. The monoisotopic (exact) mass is 333 g/mol. The summed E-state index contributed by atoms with van der Waals surface area (Å²) in [6.07, 6.45) is 4.02. The first-order valence-corrected chi connectivity index (χ1v) is 8.95. The highest BCUT2D eigenvalue weighted by Crippen LogP contribution is 2.19. The van der Waals surface area contributed by atoms with Crippen LogP contribution in [-0.2, 0) is 26.6 Å². The van der Waals surface area contributed by atoms with Gasteiger partial charge in [-0.1, -0.05) is 12.1 Å². The van der Waals surface area contributed by atoms with Gasteiger partial charge in [-0.3, -0.25) is 9.59 Å². The molecule has 6 nitrogen and oxygen atoms in total.